The second-order valence-corrected chi connectivity index (χ2v) is 6.68. The number of ether oxygens (including phenoxy) is 2. The fraction of sp³-hybridized carbons (Fsp3) is 0.364. The molecule has 2 aromatic rings. The number of anilines is 1. The lowest BCUT2D eigenvalue weighted by atomic mass is 10.2. The van der Waals surface area contributed by atoms with Crippen LogP contribution in [0, 0.1) is 0 Å². The smallest absolute Gasteiger partial charge is 0.255 e. The van der Waals surface area contributed by atoms with E-state index >= 15 is 0 Å². The molecule has 0 spiro atoms. The highest BCUT2D eigenvalue weighted by atomic mass is 16.5. The molecule has 0 saturated carbocycles. The number of carbonyl (C=O) groups is 2. The zero-order chi connectivity index (χ0) is 20.6. The summed E-state index contributed by atoms with van der Waals surface area (Å²) in [5.74, 6) is 0.942. The van der Waals surface area contributed by atoms with Gasteiger partial charge in [0.2, 0.25) is 5.91 Å². The summed E-state index contributed by atoms with van der Waals surface area (Å²) in [7, 11) is 1.65. The van der Waals surface area contributed by atoms with Crippen LogP contribution < -0.4 is 19.7 Å². The Morgan fingerprint density at radius 1 is 1.03 bits per heavy atom. The molecular weight excluding hydrogens is 370 g/mol. The number of para-hydroxylation sites is 1. The quantitative estimate of drug-likeness (QED) is 0.775. The first-order valence-electron chi connectivity index (χ1n) is 9.79. The molecule has 1 aliphatic rings. The number of carbonyl (C=O) groups excluding carboxylic acids is 2. The van der Waals surface area contributed by atoms with Crippen molar-refractivity contribution in [3.05, 3.63) is 54.1 Å². The maximum absolute atomic E-state index is 12.5. The minimum Gasteiger partial charge on any atom is -0.497 e. The average Bonchev–Trinajstić information content (AvgIpc) is 2.78. The number of benzene rings is 2. The number of hydrogen-bond acceptors (Lipinski definition) is 5. The van der Waals surface area contributed by atoms with Gasteiger partial charge in [0.25, 0.3) is 5.91 Å². The van der Waals surface area contributed by atoms with Gasteiger partial charge < -0.3 is 24.6 Å². The van der Waals surface area contributed by atoms with Crippen molar-refractivity contribution in [1.29, 1.82) is 0 Å². The Bertz CT molecular complexity index is 847. The van der Waals surface area contributed by atoms with Crippen molar-refractivity contribution in [2.75, 3.05) is 51.3 Å². The van der Waals surface area contributed by atoms with Crippen LogP contribution in [0.5, 0.6) is 11.5 Å². The first-order chi connectivity index (χ1) is 14.1. The normalized spacial score (nSPS) is 13.7. The second kappa shape index (κ2) is 9.82. The van der Waals surface area contributed by atoms with Gasteiger partial charge in [-0.25, -0.2) is 0 Å². The van der Waals surface area contributed by atoms with Crippen molar-refractivity contribution in [2.45, 2.75) is 6.92 Å². The highest BCUT2D eigenvalue weighted by Gasteiger charge is 2.22. The third kappa shape index (κ3) is 5.19. The molecule has 7 heteroatoms. The third-order valence-electron chi connectivity index (χ3n) is 4.88. The molecule has 29 heavy (non-hydrogen) atoms. The lowest BCUT2D eigenvalue weighted by molar-refractivity contribution is -0.130. The summed E-state index contributed by atoms with van der Waals surface area (Å²) >= 11 is 0. The molecule has 0 unspecified atom stereocenters. The molecule has 1 aliphatic heterocycles. The summed E-state index contributed by atoms with van der Waals surface area (Å²) in [6.45, 7) is 5.01. The van der Waals surface area contributed by atoms with Crippen molar-refractivity contribution in [2.24, 2.45) is 0 Å². The number of hydrogen-bond donors (Lipinski definition) is 1. The molecule has 0 atom stereocenters. The predicted molar refractivity (Wildman–Crippen MR) is 112 cm³/mol. The fourth-order valence-corrected chi connectivity index (χ4v) is 3.32. The van der Waals surface area contributed by atoms with Gasteiger partial charge in [-0.05, 0) is 31.2 Å². The summed E-state index contributed by atoms with van der Waals surface area (Å²) in [5, 5.41) is 2.71. The van der Waals surface area contributed by atoms with E-state index in [4.69, 9.17) is 9.47 Å². The standard InChI is InChI=1S/C22H27N3O4/c1-3-29-20-10-5-4-9-19(20)22(27)23-16-21(26)25-13-11-24(12-14-25)17-7-6-8-18(15-17)28-2/h4-10,15H,3,11-14,16H2,1-2H3,(H,23,27). The topological polar surface area (TPSA) is 71.1 Å². The molecule has 1 fully saturated rings. The first-order valence-corrected chi connectivity index (χ1v) is 9.79. The van der Waals surface area contributed by atoms with Crippen molar-refractivity contribution in [3.63, 3.8) is 0 Å². The van der Waals surface area contributed by atoms with Gasteiger partial charge in [0.1, 0.15) is 11.5 Å². The second-order valence-electron chi connectivity index (χ2n) is 6.68. The molecule has 7 nitrogen and oxygen atoms in total. The van der Waals surface area contributed by atoms with Crippen LogP contribution in [0.1, 0.15) is 17.3 Å². The molecule has 3 rings (SSSR count). The van der Waals surface area contributed by atoms with E-state index in [1.54, 1.807) is 30.2 Å². The Kier molecular flexibility index (Phi) is 6.94. The SMILES string of the molecule is CCOc1ccccc1C(=O)NCC(=O)N1CCN(c2cccc(OC)c2)CC1. The Hall–Kier alpha value is -3.22. The maximum Gasteiger partial charge on any atom is 0.255 e. The average molecular weight is 397 g/mol. The summed E-state index contributed by atoms with van der Waals surface area (Å²) < 4.78 is 10.8. The number of nitrogens with zero attached hydrogens (tertiary/aromatic N) is 2. The number of amides is 2. The maximum atomic E-state index is 12.5. The molecule has 0 aliphatic carbocycles. The van der Waals surface area contributed by atoms with Gasteiger partial charge in [0.15, 0.2) is 0 Å². The first kappa shape index (κ1) is 20.5. The zero-order valence-corrected chi connectivity index (χ0v) is 16.9. The fourth-order valence-electron chi connectivity index (χ4n) is 3.32. The molecular formula is C22H27N3O4. The van der Waals surface area contributed by atoms with Crippen LogP contribution in [0.25, 0.3) is 0 Å². The molecule has 2 amide bonds. The largest absolute Gasteiger partial charge is 0.497 e. The zero-order valence-electron chi connectivity index (χ0n) is 16.9. The van der Waals surface area contributed by atoms with E-state index < -0.39 is 0 Å². The van der Waals surface area contributed by atoms with Gasteiger partial charge in [-0.2, -0.15) is 0 Å². The summed E-state index contributed by atoms with van der Waals surface area (Å²) in [4.78, 5) is 29.0. The Morgan fingerprint density at radius 3 is 2.52 bits per heavy atom. The number of rotatable bonds is 7. The number of piperazine rings is 1. The van der Waals surface area contributed by atoms with Crippen LogP contribution in [0.4, 0.5) is 5.69 Å². The highest BCUT2D eigenvalue weighted by molar-refractivity contribution is 5.98. The molecule has 2 aromatic carbocycles. The van der Waals surface area contributed by atoms with Crippen LogP contribution in [-0.4, -0.2) is 63.2 Å². The summed E-state index contributed by atoms with van der Waals surface area (Å²) in [6, 6.07) is 14.9. The van der Waals surface area contributed by atoms with Crippen molar-refractivity contribution in [1.82, 2.24) is 10.2 Å². The van der Waals surface area contributed by atoms with Gasteiger partial charge in [-0.1, -0.05) is 18.2 Å². The number of nitrogens with one attached hydrogen (secondary N) is 1. The third-order valence-corrected chi connectivity index (χ3v) is 4.88. The molecule has 1 saturated heterocycles. The molecule has 1 N–H and O–H groups in total. The van der Waals surface area contributed by atoms with Gasteiger partial charge in [0, 0.05) is 37.9 Å². The molecule has 0 radical (unpaired) electrons. The minimum atomic E-state index is -0.308. The number of methoxy groups -OCH3 is 1. The van der Waals surface area contributed by atoms with E-state index in [1.807, 2.05) is 37.3 Å². The summed E-state index contributed by atoms with van der Waals surface area (Å²) in [5.41, 5.74) is 1.52. The predicted octanol–water partition coefficient (Wildman–Crippen LogP) is 2.17. The van der Waals surface area contributed by atoms with E-state index in [0.717, 1.165) is 24.5 Å². The Labute approximate surface area is 171 Å². The highest BCUT2D eigenvalue weighted by Crippen LogP contribution is 2.22. The van der Waals surface area contributed by atoms with E-state index in [2.05, 4.69) is 10.2 Å². The lowest BCUT2D eigenvalue weighted by Crippen LogP contribution is -2.51. The van der Waals surface area contributed by atoms with Crippen LogP contribution in [0.3, 0.4) is 0 Å². The van der Waals surface area contributed by atoms with E-state index in [0.29, 0.717) is 31.0 Å². The summed E-state index contributed by atoms with van der Waals surface area (Å²) in [6.07, 6.45) is 0. The van der Waals surface area contributed by atoms with Gasteiger partial charge in [0.05, 0.1) is 25.8 Å². The van der Waals surface area contributed by atoms with Crippen LogP contribution >= 0.6 is 0 Å². The van der Waals surface area contributed by atoms with Gasteiger partial charge in [-0.3, -0.25) is 9.59 Å². The lowest BCUT2D eigenvalue weighted by Gasteiger charge is -2.36. The Morgan fingerprint density at radius 2 is 1.79 bits per heavy atom. The van der Waals surface area contributed by atoms with E-state index in [1.165, 1.54) is 0 Å². The minimum absolute atomic E-state index is 0.0293. The van der Waals surface area contributed by atoms with Crippen LogP contribution in [0.15, 0.2) is 48.5 Å². The van der Waals surface area contributed by atoms with E-state index in [-0.39, 0.29) is 18.4 Å². The monoisotopic (exact) mass is 397 g/mol. The van der Waals surface area contributed by atoms with Crippen molar-refractivity contribution < 1.29 is 19.1 Å². The molecule has 0 bridgehead atoms. The Balaban J connectivity index is 1.50. The van der Waals surface area contributed by atoms with Crippen LogP contribution in [0.2, 0.25) is 0 Å². The van der Waals surface area contributed by atoms with Gasteiger partial charge >= 0.3 is 0 Å². The molecule has 154 valence electrons. The van der Waals surface area contributed by atoms with Crippen LogP contribution in [-0.2, 0) is 4.79 Å². The van der Waals surface area contributed by atoms with Crippen molar-refractivity contribution >= 4 is 17.5 Å². The van der Waals surface area contributed by atoms with Gasteiger partial charge in [-0.15, -0.1) is 0 Å². The molecule has 0 aromatic heterocycles. The van der Waals surface area contributed by atoms with Crippen molar-refractivity contribution in [3.8, 4) is 11.5 Å². The van der Waals surface area contributed by atoms with E-state index in [9.17, 15) is 9.59 Å². The molecule has 1 heterocycles.